The molecule has 0 aliphatic rings. The zero-order chi connectivity index (χ0) is 13.2. The van der Waals surface area contributed by atoms with Crippen molar-refractivity contribution in [3.8, 4) is 11.3 Å². The van der Waals surface area contributed by atoms with E-state index in [0.29, 0.717) is 5.41 Å². The van der Waals surface area contributed by atoms with Crippen LogP contribution in [-0.2, 0) is 6.54 Å². The molecule has 0 saturated heterocycles. The van der Waals surface area contributed by atoms with Crippen LogP contribution in [0.15, 0.2) is 36.8 Å². The highest BCUT2D eigenvalue weighted by molar-refractivity contribution is 5.57. The monoisotopic (exact) mass is 246 g/mol. The third-order valence-electron chi connectivity index (χ3n) is 2.89. The molecular weight excluding hydrogens is 227 g/mol. The van der Waals surface area contributed by atoms with Crippen molar-refractivity contribution < 1.29 is 4.39 Å². The van der Waals surface area contributed by atoms with Crippen LogP contribution in [0.1, 0.15) is 27.2 Å². The third kappa shape index (κ3) is 3.42. The van der Waals surface area contributed by atoms with Crippen molar-refractivity contribution in [2.45, 2.75) is 33.7 Å². The highest BCUT2D eigenvalue weighted by Gasteiger charge is 2.10. The molecule has 0 bridgehead atoms. The number of benzene rings is 1. The summed E-state index contributed by atoms with van der Waals surface area (Å²) in [6.07, 6.45) is 4.95. The van der Waals surface area contributed by atoms with E-state index in [4.69, 9.17) is 0 Å². The number of aromatic nitrogens is 2. The molecule has 2 rings (SSSR count). The van der Waals surface area contributed by atoms with Gasteiger partial charge in [-0.1, -0.05) is 20.8 Å². The van der Waals surface area contributed by atoms with Crippen LogP contribution >= 0.6 is 0 Å². The van der Waals surface area contributed by atoms with Gasteiger partial charge in [0.05, 0.1) is 12.0 Å². The SMILES string of the molecule is CC(C)(C)CCn1cnc(-c2ccc(F)cc2)c1. The molecule has 0 amide bonds. The molecule has 1 aromatic carbocycles. The van der Waals surface area contributed by atoms with E-state index in [2.05, 4.69) is 30.3 Å². The summed E-state index contributed by atoms with van der Waals surface area (Å²) in [5.41, 5.74) is 2.16. The molecule has 0 unspecified atom stereocenters. The van der Waals surface area contributed by atoms with Crippen molar-refractivity contribution in [2.75, 3.05) is 0 Å². The Morgan fingerprint density at radius 1 is 1.17 bits per heavy atom. The minimum Gasteiger partial charge on any atom is -0.337 e. The molecule has 2 aromatic rings. The zero-order valence-electron chi connectivity index (χ0n) is 11.2. The van der Waals surface area contributed by atoms with Crippen LogP contribution in [-0.4, -0.2) is 9.55 Å². The molecule has 0 radical (unpaired) electrons. The fourth-order valence-electron chi connectivity index (χ4n) is 1.72. The first kappa shape index (κ1) is 12.8. The summed E-state index contributed by atoms with van der Waals surface area (Å²) < 4.78 is 14.9. The fraction of sp³-hybridized carbons (Fsp3) is 0.400. The Morgan fingerprint density at radius 2 is 1.83 bits per heavy atom. The van der Waals surface area contributed by atoms with E-state index in [1.54, 1.807) is 12.1 Å². The van der Waals surface area contributed by atoms with Crippen molar-refractivity contribution in [3.63, 3.8) is 0 Å². The molecule has 96 valence electrons. The number of halogens is 1. The van der Waals surface area contributed by atoms with Crippen LogP contribution in [0.2, 0.25) is 0 Å². The number of imidazole rings is 1. The van der Waals surface area contributed by atoms with Crippen LogP contribution < -0.4 is 0 Å². The Labute approximate surface area is 107 Å². The lowest BCUT2D eigenvalue weighted by molar-refractivity contribution is 0.350. The van der Waals surface area contributed by atoms with Crippen LogP contribution in [0.3, 0.4) is 0 Å². The minimum absolute atomic E-state index is 0.217. The lowest BCUT2D eigenvalue weighted by Gasteiger charge is -2.17. The summed E-state index contributed by atoms with van der Waals surface area (Å²) in [5.74, 6) is -0.217. The second-order valence-corrected chi connectivity index (χ2v) is 5.81. The molecule has 0 N–H and O–H groups in total. The predicted octanol–water partition coefficient (Wildman–Crippen LogP) is 4.13. The van der Waals surface area contributed by atoms with E-state index in [1.807, 2.05) is 12.5 Å². The smallest absolute Gasteiger partial charge is 0.123 e. The number of hydrogen-bond acceptors (Lipinski definition) is 1. The zero-order valence-corrected chi connectivity index (χ0v) is 11.2. The molecule has 3 heteroatoms. The molecule has 1 heterocycles. The van der Waals surface area contributed by atoms with Crippen LogP contribution in [0.4, 0.5) is 4.39 Å². The van der Waals surface area contributed by atoms with Crippen molar-refractivity contribution in [3.05, 3.63) is 42.6 Å². The molecule has 0 spiro atoms. The van der Waals surface area contributed by atoms with E-state index in [1.165, 1.54) is 12.1 Å². The second kappa shape index (κ2) is 4.92. The third-order valence-corrected chi connectivity index (χ3v) is 2.89. The average Bonchev–Trinajstić information content (AvgIpc) is 2.75. The summed E-state index contributed by atoms with van der Waals surface area (Å²) >= 11 is 0. The summed E-state index contributed by atoms with van der Waals surface area (Å²) in [6.45, 7) is 7.64. The van der Waals surface area contributed by atoms with Gasteiger partial charge < -0.3 is 4.57 Å². The fourth-order valence-corrected chi connectivity index (χ4v) is 1.72. The maximum atomic E-state index is 12.8. The van der Waals surface area contributed by atoms with Gasteiger partial charge in [-0.2, -0.15) is 0 Å². The minimum atomic E-state index is -0.217. The summed E-state index contributed by atoms with van der Waals surface area (Å²) in [6, 6.07) is 6.44. The Kier molecular flexibility index (Phi) is 3.50. The molecular formula is C15H19FN2. The molecule has 0 aliphatic heterocycles. The van der Waals surface area contributed by atoms with Crippen molar-refractivity contribution in [2.24, 2.45) is 5.41 Å². The first-order chi connectivity index (χ1) is 8.44. The normalized spacial score (nSPS) is 11.8. The molecule has 18 heavy (non-hydrogen) atoms. The molecule has 0 fully saturated rings. The van der Waals surface area contributed by atoms with Crippen LogP contribution in [0.25, 0.3) is 11.3 Å². The second-order valence-electron chi connectivity index (χ2n) is 5.81. The van der Waals surface area contributed by atoms with Crippen molar-refractivity contribution in [1.82, 2.24) is 9.55 Å². The van der Waals surface area contributed by atoms with E-state index in [-0.39, 0.29) is 5.82 Å². The Balaban J connectivity index is 2.08. The van der Waals surface area contributed by atoms with Gasteiger partial charge in [-0.3, -0.25) is 0 Å². The predicted molar refractivity (Wildman–Crippen MR) is 71.7 cm³/mol. The lowest BCUT2D eigenvalue weighted by atomic mass is 9.92. The number of rotatable bonds is 3. The molecule has 2 nitrogen and oxygen atoms in total. The standard InChI is InChI=1S/C15H19FN2/c1-15(2,3)8-9-18-10-14(17-11-18)12-4-6-13(16)7-5-12/h4-7,10-11H,8-9H2,1-3H3. The van der Waals surface area contributed by atoms with Crippen molar-refractivity contribution >= 4 is 0 Å². The van der Waals surface area contributed by atoms with E-state index in [9.17, 15) is 4.39 Å². The van der Waals surface area contributed by atoms with E-state index < -0.39 is 0 Å². The number of nitrogens with zero attached hydrogens (tertiary/aromatic N) is 2. The Bertz CT molecular complexity index is 506. The Hall–Kier alpha value is -1.64. The highest BCUT2D eigenvalue weighted by Crippen LogP contribution is 2.21. The quantitative estimate of drug-likeness (QED) is 0.796. The molecule has 1 aromatic heterocycles. The average molecular weight is 246 g/mol. The van der Waals surface area contributed by atoms with Gasteiger partial charge in [0.25, 0.3) is 0 Å². The first-order valence-corrected chi connectivity index (χ1v) is 6.22. The highest BCUT2D eigenvalue weighted by atomic mass is 19.1. The van der Waals surface area contributed by atoms with Gasteiger partial charge in [0.15, 0.2) is 0 Å². The topological polar surface area (TPSA) is 17.8 Å². The van der Waals surface area contributed by atoms with E-state index in [0.717, 1.165) is 24.2 Å². The molecule has 0 atom stereocenters. The van der Waals surface area contributed by atoms with E-state index >= 15 is 0 Å². The maximum Gasteiger partial charge on any atom is 0.123 e. The lowest BCUT2D eigenvalue weighted by Crippen LogP contribution is -2.09. The Morgan fingerprint density at radius 3 is 2.44 bits per heavy atom. The van der Waals surface area contributed by atoms with Gasteiger partial charge in [-0.25, -0.2) is 9.37 Å². The van der Waals surface area contributed by atoms with Gasteiger partial charge in [0.1, 0.15) is 5.82 Å². The van der Waals surface area contributed by atoms with Gasteiger partial charge in [0.2, 0.25) is 0 Å². The van der Waals surface area contributed by atoms with Gasteiger partial charge in [0, 0.05) is 18.3 Å². The van der Waals surface area contributed by atoms with Gasteiger partial charge >= 0.3 is 0 Å². The number of aryl methyl sites for hydroxylation is 1. The number of hydrogen-bond donors (Lipinski definition) is 0. The molecule has 0 aliphatic carbocycles. The maximum absolute atomic E-state index is 12.8. The van der Waals surface area contributed by atoms with Crippen LogP contribution in [0.5, 0.6) is 0 Å². The van der Waals surface area contributed by atoms with Gasteiger partial charge in [-0.05, 0) is 36.1 Å². The first-order valence-electron chi connectivity index (χ1n) is 6.22. The largest absolute Gasteiger partial charge is 0.337 e. The van der Waals surface area contributed by atoms with Crippen LogP contribution in [0, 0.1) is 11.2 Å². The molecule has 0 saturated carbocycles. The summed E-state index contributed by atoms with van der Waals surface area (Å²) in [7, 11) is 0. The summed E-state index contributed by atoms with van der Waals surface area (Å²) in [4.78, 5) is 4.36. The van der Waals surface area contributed by atoms with Crippen molar-refractivity contribution in [1.29, 1.82) is 0 Å². The van der Waals surface area contributed by atoms with Gasteiger partial charge in [-0.15, -0.1) is 0 Å². The summed E-state index contributed by atoms with van der Waals surface area (Å²) in [5, 5.41) is 0.